The van der Waals surface area contributed by atoms with Crippen LogP contribution >= 0.6 is 0 Å². The lowest BCUT2D eigenvalue weighted by atomic mass is 9.78. The predicted molar refractivity (Wildman–Crippen MR) is 87.0 cm³/mol. The van der Waals surface area contributed by atoms with E-state index >= 15 is 0 Å². The zero-order valence-electron chi connectivity index (χ0n) is 15.0. The van der Waals surface area contributed by atoms with E-state index in [0.717, 1.165) is 6.42 Å². The first kappa shape index (κ1) is 17.9. The number of carbonyl (C=O) groups is 2. The third-order valence-electron chi connectivity index (χ3n) is 4.56. The summed E-state index contributed by atoms with van der Waals surface area (Å²) in [4.78, 5) is 24.2. The van der Waals surface area contributed by atoms with Crippen LogP contribution in [-0.4, -0.2) is 46.0 Å². The highest BCUT2D eigenvalue weighted by atomic mass is 16.6. The first-order valence-corrected chi connectivity index (χ1v) is 8.02. The highest BCUT2D eigenvalue weighted by Crippen LogP contribution is 2.46. The number of ether oxygens (including phenoxy) is 6. The van der Waals surface area contributed by atoms with Crippen LogP contribution < -0.4 is 0 Å². The number of esters is 2. The van der Waals surface area contributed by atoms with Gasteiger partial charge in [-0.1, -0.05) is 6.08 Å². The second-order valence-electron chi connectivity index (χ2n) is 5.82. The predicted octanol–water partition coefficient (Wildman–Crippen LogP) is 1.70. The van der Waals surface area contributed by atoms with E-state index in [0.29, 0.717) is 6.42 Å². The van der Waals surface area contributed by atoms with Crippen molar-refractivity contribution in [3.8, 4) is 0 Å². The minimum absolute atomic E-state index is 0.0114. The fourth-order valence-electron chi connectivity index (χ4n) is 3.44. The van der Waals surface area contributed by atoms with Gasteiger partial charge in [-0.25, -0.2) is 9.59 Å². The summed E-state index contributed by atoms with van der Waals surface area (Å²) in [5.74, 6) is -0.908. The SMILES string of the molecule is COC1=C(OC)/C(=C/[C@H]2CCC=C[C@]23OC(=O)C(OC)=C3OC)OC1=O. The third-order valence-corrected chi connectivity index (χ3v) is 4.56. The van der Waals surface area contributed by atoms with Gasteiger partial charge in [-0.05, 0) is 25.0 Å². The van der Waals surface area contributed by atoms with Gasteiger partial charge in [0.15, 0.2) is 17.1 Å². The maximum absolute atomic E-state index is 12.2. The Hall–Kier alpha value is -2.90. The number of cyclic esters (lactones) is 1. The highest BCUT2D eigenvalue weighted by molar-refractivity contribution is 5.92. The van der Waals surface area contributed by atoms with E-state index in [1.165, 1.54) is 28.4 Å². The van der Waals surface area contributed by atoms with Crippen LogP contribution in [0, 0.1) is 5.92 Å². The molecule has 0 unspecified atom stereocenters. The fourth-order valence-corrected chi connectivity index (χ4v) is 3.44. The van der Waals surface area contributed by atoms with Crippen LogP contribution in [0.2, 0.25) is 0 Å². The maximum Gasteiger partial charge on any atom is 0.383 e. The molecule has 0 fully saturated rings. The maximum atomic E-state index is 12.2. The van der Waals surface area contributed by atoms with Crippen LogP contribution in [0.5, 0.6) is 0 Å². The van der Waals surface area contributed by atoms with Gasteiger partial charge in [-0.15, -0.1) is 0 Å². The molecule has 0 saturated heterocycles. The van der Waals surface area contributed by atoms with Crippen LogP contribution in [0.3, 0.4) is 0 Å². The first-order valence-electron chi connectivity index (χ1n) is 8.02. The van der Waals surface area contributed by atoms with Crippen molar-refractivity contribution in [1.82, 2.24) is 0 Å². The molecule has 0 saturated carbocycles. The normalized spacial score (nSPS) is 29.4. The van der Waals surface area contributed by atoms with E-state index in [-0.39, 0.29) is 34.7 Å². The zero-order chi connectivity index (χ0) is 18.9. The Morgan fingerprint density at radius 2 is 1.69 bits per heavy atom. The Morgan fingerprint density at radius 1 is 1.00 bits per heavy atom. The van der Waals surface area contributed by atoms with Crippen molar-refractivity contribution < 1.29 is 38.0 Å². The number of hydrogen-bond donors (Lipinski definition) is 0. The van der Waals surface area contributed by atoms with E-state index < -0.39 is 17.5 Å². The standard InChI is InChI=1S/C18H20O8/c1-21-12-11(25-16(19)13(12)22-2)9-10-7-5-6-8-18(10)15(24-4)14(23-3)17(20)26-18/h6,8-10H,5,7H2,1-4H3/b11-9-/t10-,18+/m1/s1. The van der Waals surface area contributed by atoms with Crippen molar-refractivity contribution in [1.29, 1.82) is 0 Å². The smallest absolute Gasteiger partial charge is 0.383 e. The Kier molecular flexibility index (Phi) is 4.67. The molecule has 0 radical (unpaired) electrons. The van der Waals surface area contributed by atoms with Crippen LogP contribution in [0.4, 0.5) is 0 Å². The zero-order valence-corrected chi connectivity index (χ0v) is 15.0. The van der Waals surface area contributed by atoms with Crippen molar-refractivity contribution >= 4 is 11.9 Å². The number of methoxy groups -OCH3 is 4. The summed E-state index contributed by atoms with van der Waals surface area (Å²) in [6.07, 6.45) is 6.76. The molecule has 0 bridgehead atoms. The van der Waals surface area contributed by atoms with Gasteiger partial charge < -0.3 is 28.4 Å². The molecule has 2 aliphatic heterocycles. The summed E-state index contributed by atoms with van der Waals surface area (Å²) in [5, 5.41) is 0. The van der Waals surface area contributed by atoms with E-state index in [2.05, 4.69) is 0 Å². The summed E-state index contributed by atoms with van der Waals surface area (Å²) in [5.41, 5.74) is -1.16. The van der Waals surface area contributed by atoms with Gasteiger partial charge in [-0.3, -0.25) is 0 Å². The fraction of sp³-hybridized carbons (Fsp3) is 0.444. The van der Waals surface area contributed by atoms with Crippen LogP contribution in [0.1, 0.15) is 12.8 Å². The van der Waals surface area contributed by atoms with E-state index in [1.54, 1.807) is 12.2 Å². The van der Waals surface area contributed by atoms with Gasteiger partial charge in [-0.2, -0.15) is 0 Å². The van der Waals surface area contributed by atoms with E-state index in [4.69, 9.17) is 28.4 Å². The first-order chi connectivity index (χ1) is 12.5. The molecule has 2 atom stereocenters. The highest BCUT2D eigenvalue weighted by Gasteiger charge is 2.54. The average Bonchev–Trinajstić information content (AvgIpc) is 3.09. The molecule has 0 aromatic heterocycles. The molecule has 0 N–H and O–H groups in total. The molecule has 1 spiro atoms. The minimum Gasteiger partial charge on any atom is -0.493 e. The monoisotopic (exact) mass is 364 g/mol. The van der Waals surface area contributed by atoms with Crippen LogP contribution in [-0.2, 0) is 38.0 Å². The lowest BCUT2D eigenvalue weighted by Crippen LogP contribution is -2.40. The molecular weight excluding hydrogens is 344 g/mol. The second kappa shape index (κ2) is 6.78. The van der Waals surface area contributed by atoms with Gasteiger partial charge >= 0.3 is 11.9 Å². The summed E-state index contributed by atoms with van der Waals surface area (Å²) in [7, 11) is 5.60. The quantitative estimate of drug-likeness (QED) is 0.538. The lowest BCUT2D eigenvalue weighted by molar-refractivity contribution is -0.150. The van der Waals surface area contributed by atoms with Crippen molar-refractivity contribution in [3.05, 3.63) is 47.0 Å². The van der Waals surface area contributed by atoms with Gasteiger partial charge in [0.2, 0.25) is 11.5 Å². The molecule has 2 heterocycles. The minimum atomic E-state index is -1.16. The van der Waals surface area contributed by atoms with Crippen molar-refractivity contribution in [2.24, 2.45) is 5.92 Å². The molecule has 1 aliphatic carbocycles. The number of allylic oxidation sites excluding steroid dienone is 1. The Balaban J connectivity index is 2.07. The van der Waals surface area contributed by atoms with Gasteiger partial charge in [0.1, 0.15) is 0 Å². The number of rotatable bonds is 5. The van der Waals surface area contributed by atoms with Crippen molar-refractivity contribution in [2.45, 2.75) is 18.4 Å². The summed E-state index contributed by atoms with van der Waals surface area (Å²) in [6, 6.07) is 0. The van der Waals surface area contributed by atoms with E-state index in [1.807, 2.05) is 6.08 Å². The molecule has 26 heavy (non-hydrogen) atoms. The van der Waals surface area contributed by atoms with Crippen molar-refractivity contribution in [3.63, 3.8) is 0 Å². The molecule has 0 aromatic rings. The van der Waals surface area contributed by atoms with Crippen LogP contribution in [0.15, 0.2) is 47.0 Å². The van der Waals surface area contributed by atoms with Crippen LogP contribution in [0.25, 0.3) is 0 Å². The molecule has 0 amide bonds. The molecular formula is C18H20O8. The number of carbonyl (C=O) groups excluding carboxylic acids is 2. The molecule has 140 valence electrons. The molecule has 8 nitrogen and oxygen atoms in total. The Bertz CT molecular complexity index is 757. The molecule has 8 heteroatoms. The largest absolute Gasteiger partial charge is 0.493 e. The third kappa shape index (κ3) is 2.53. The summed E-state index contributed by atoms with van der Waals surface area (Å²) in [6.45, 7) is 0. The van der Waals surface area contributed by atoms with Gasteiger partial charge in [0, 0.05) is 5.92 Å². The molecule has 3 aliphatic rings. The van der Waals surface area contributed by atoms with Crippen molar-refractivity contribution in [2.75, 3.05) is 28.4 Å². The summed E-state index contributed by atoms with van der Waals surface area (Å²) < 4.78 is 31.8. The summed E-state index contributed by atoms with van der Waals surface area (Å²) >= 11 is 0. The topological polar surface area (TPSA) is 89.5 Å². The average molecular weight is 364 g/mol. The van der Waals surface area contributed by atoms with Gasteiger partial charge in [0.25, 0.3) is 5.76 Å². The Morgan fingerprint density at radius 3 is 2.31 bits per heavy atom. The van der Waals surface area contributed by atoms with E-state index in [9.17, 15) is 9.59 Å². The van der Waals surface area contributed by atoms with Gasteiger partial charge in [0.05, 0.1) is 28.4 Å². The second-order valence-corrected chi connectivity index (χ2v) is 5.82. The molecule has 0 aromatic carbocycles. The molecule has 3 rings (SSSR count). The lowest BCUT2D eigenvalue weighted by Gasteiger charge is -2.35. The number of hydrogen-bond acceptors (Lipinski definition) is 8. The Labute approximate surface area is 150 Å².